The van der Waals surface area contributed by atoms with Crippen molar-refractivity contribution in [1.82, 2.24) is 0 Å². The number of hydrogen-bond donors (Lipinski definition) is 1. The first kappa shape index (κ1) is 17.8. The van der Waals surface area contributed by atoms with Crippen molar-refractivity contribution < 1.29 is 9.90 Å². The molecule has 0 heterocycles. The predicted octanol–water partition coefficient (Wildman–Crippen LogP) is 6.62. The Labute approximate surface area is 164 Å². The van der Waals surface area contributed by atoms with Gasteiger partial charge in [0.15, 0.2) is 0 Å². The topological polar surface area (TPSA) is 40.5 Å². The minimum atomic E-state index is -0.921. The van der Waals surface area contributed by atoms with E-state index < -0.39 is 5.97 Å². The van der Waals surface area contributed by atoms with Crippen molar-refractivity contribution in [2.24, 2.45) is 0 Å². The Morgan fingerprint density at radius 1 is 0.750 bits per heavy atom. The Kier molecular flexibility index (Phi) is 4.58. The smallest absolute Gasteiger partial charge is 0.335 e. The third-order valence-electron chi connectivity index (χ3n) is 4.94. The summed E-state index contributed by atoms with van der Waals surface area (Å²) in [6.45, 7) is 4.18. The number of fused-ring (bicyclic) bond motifs is 1. The van der Waals surface area contributed by atoms with Gasteiger partial charge in [-0.25, -0.2) is 4.79 Å². The van der Waals surface area contributed by atoms with Gasteiger partial charge in [0.05, 0.1) is 5.56 Å². The van der Waals surface area contributed by atoms with Gasteiger partial charge in [-0.3, -0.25) is 0 Å². The van der Waals surface area contributed by atoms with Crippen LogP contribution in [0, 0.1) is 13.8 Å². The molecule has 28 heavy (non-hydrogen) atoms. The highest BCUT2D eigenvalue weighted by Gasteiger charge is 2.16. The largest absolute Gasteiger partial charge is 0.478 e. The Morgan fingerprint density at radius 3 is 2.07 bits per heavy atom. The van der Waals surface area contributed by atoms with Gasteiger partial charge in [-0.05, 0) is 84.3 Å². The summed E-state index contributed by atoms with van der Waals surface area (Å²) in [6.07, 6.45) is 0. The zero-order valence-corrected chi connectivity index (χ0v) is 15.9. The zero-order valence-electron chi connectivity index (χ0n) is 15.9. The molecule has 138 valence electrons. The van der Waals surface area contributed by atoms with Crippen LogP contribution in [0.15, 0.2) is 84.9 Å². The first-order valence-corrected chi connectivity index (χ1v) is 9.22. The fourth-order valence-electron chi connectivity index (χ4n) is 3.53. The molecule has 0 atom stereocenters. The summed E-state index contributed by atoms with van der Waals surface area (Å²) in [7, 11) is 0. The molecule has 0 radical (unpaired) electrons. The fraction of sp³-hybridized carbons (Fsp3) is 0.0800. The second kappa shape index (κ2) is 7.20. The average Bonchev–Trinajstić information content (AvgIpc) is 2.69. The second-order valence-electron chi connectivity index (χ2n) is 7.01. The number of aryl methyl sites for hydroxylation is 2. The maximum absolute atomic E-state index is 11.3. The van der Waals surface area contributed by atoms with Crippen LogP contribution in [0.5, 0.6) is 0 Å². The summed E-state index contributed by atoms with van der Waals surface area (Å²) in [5.41, 5.74) is 5.65. The molecule has 0 aliphatic carbocycles. The molecule has 0 amide bonds. The van der Waals surface area contributed by atoms with E-state index in [1.54, 1.807) is 12.1 Å². The summed E-state index contributed by atoms with van der Waals surface area (Å²) in [4.78, 5) is 13.4. The Bertz CT molecular complexity index is 1160. The molecule has 4 rings (SSSR count). The Balaban J connectivity index is 1.93. The van der Waals surface area contributed by atoms with Crippen molar-refractivity contribution in [3.05, 3.63) is 102 Å². The van der Waals surface area contributed by atoms with Gasteiger partial charge in [0.1, 0.15) is 0 Å². The van der Waals surface area contributed by atoms with Crippen molar-refractivity contribution in [1.29, 1.82) is 0 Å². The van der Waals surface area contributed by atoms with E-state index in [1.807, 2.05) is 30.3 Å². The van der Waals surface area contributed by atoms with E-state index in [1.165, 1.54) is 16.3 Å². The molecule has 0 aliphatic rings. The van der Waals surface area contributed by atoms with E-state index in [9.17, 15) is 9.90 Å². The van der Waals surface area contributed by atoms with Crippen LogP contribution in [0.4, 0.5) is 17.1 Å². The number of carbonyl (C=O) groups is 1. The predicted molar refractivity (Wildman–Crippen MR) is 115 cm³/mol. The van der Waals surface area contributed by atoms with E-state index in [0.717, 1.165) is 22.6 Å². The van der Waals surface area contributed by atoms with Crippen LogP contribution in [0.1, 0.15) is 21.5 Å². The van der Waals surface area contributed by atoms with E-state index in [4.69, 9.17) is 0 Å². The quantitative estimate of drug-likeness (QED) is 0.440. The minimum Gasteiger partial charge on any atom is -0.478 e. The van der Waals surface area contributed by atoms with Crippen LogP contribution in [-0.2, 0) is 0 Å². The molecule has 0 aromatic heterocycles. The van der Waals surface area contributed by atoms with Gasteiger partial charge in [0.25, 0.3) is 0 Å². The molecule has 0 saturated heterocycles. The third-order valence-corrected chi connectivity index (χ3v) is 4.94. The summed E-state index contributed by atoms with van der Waals surface area (Å²) in [6, 6.07) is 28.1. The lowest BCUT2D eigenvalue weighted by molar-refractivity contribution is 0.0697. The van der Waals surface area contributed by atoms with Gasteiger partial charge in [-0.2, -0.15) is 0 Å². The van der Waals surface area contributed by atoms with Crippen molar-refractivity contribution in [3.63, 3.8) is 0 Å². The summed E-state index contributed by atoms with van der Waals surface area (Å²) in [5.74, 6) is -0.921. The van der Waals surface area contributed by atoms with Crippen LogP contribution in [0.3, 0.4) is 0 Å². The van der Waals surface area contributed by atoms with Gasteiger partial charge in [0, 0.05) is 17.1 Å². The van der Waals surface area contributed by atoms with Crippen LogP contribution in [0.2, 0.25) is 0 Å². The monoisotopic (exact) mass is 367 g/mol. The van der Waals surface area contributed by atoms with Crippen LogP contribution in [0.25, 0.3) is 10.8 Å². The maximum Gasteiger partial charge on any atom is 0.335 e. The number of carboxylic acid groups (broad SMARTS) is 1. The van der Waals surface area contributed by atoms with Crippen LogP contribution >= 0.6 is 0 Å². The number of hydrogen-bond acceptors (Lipinski definition) is 2. The molecular formula is C25H21NO2. The highest BCUT2D eigenvalue weighted by Crippen LogP contribution is 2.38. The van der Waals surface area contributed by atoms with E-state index in [-0.39, 0.29) is 5.56 Å². The molecule has 0 fully saturated rings. The Morgan fingerprint density at radius 2 is 1.43 bits per heavy atom. The van der Waals surface area contributed by atoms with Gasteiger partial charge in [-0.15, -0.1) is 0 Å². The molecule has 1 N–H and O–H groups in total. The van der Waals surface area contributed by atoms with Crippen LogP contribution in [-0.4, -0.2) is 11.1 Å². The SMILES string of the molecule is Cc1cccc(N(c2ccc(C(=O)O)cc2)c2cc3ccccc3cc2C)c1. The van der Waals surface area contributed by atoms with Crippen molar-refractivity contribution >= 4 is 33.8 Å². The average molecular weight is 367 g/mol. The fourth-order valence-corrected chi connectivity index (χ4v) is 3.53. The molecule has 0 saturated carbocycles. The van der Waals surface area contributed by atoms with Gasteiger partial charge >= 0.3 is 5.97 Å². The number of aromatic carboxylic acids is 1. The normalized spacial score (nSPS) is 10.8. The molecular weight excluding hydrogens is 346 g/mol. The third kappa shape index (κ3) is 3.35. The van der Waals surface area contributed by atoms with Gasteiger partial charge < -0.3 is 10.0 Å². The molecule has 0 unspecified atom stereocenters. The number of benzene rings is 4. The molecule has 0 spiro atoms. The first-order chi connectivity index (χ1) is 13.5. The molecule has 3 heteroatoms. The summed E-state index contributed by atoms with van der Waals surface area (Å²) >= 11 is 0. The van der Waals surface area contributed by atoms with E-state index in [2.05, 4.69) is 61.2 Å². The molecule has 0 bridgehead atoms. The van der Waals surface area contributed by atoms with E-state index in [0.29, 0.717) is 0 Å². The van der Waals surface area contributed by atoms with Crippen molar-refractivity contribution in [3.8, 4) is 0 Å². The highest BCUT2D eigenvalue weighted by atomic mass is 16.4. The van der Waals surface area contributed by atoms with Crippen molar-refractivity contribution in [2.45, 2.75) is 13.8 Å². The van der Waals surface area contributed by atoms with Crippen LogP contribution < -0.4 is 4.90 Å². The molecule has 0 aliphatic heterocycles. The number of carboxylic acids is 1. The van der Waals surface area contributed by atoms with Gasteiger partial charge in [-0.1, -0.05) is 36.4 Å². The lowest BCUT2D eigenvalue weighted by atomic mass is 10.0. The summed E-state index contributed by atoms with van der Waals surface area (Å²) < 4.78 is 0. The number of nitrogens with zero attached hydrogens (tertiary/aromatic N) is 1. The highest BCUT2D eigenvalue weighted by molar-refractivity contribution is 5.92. The summed E-state index contributed by atoms with van der Waals surface area (Å²) in [5, 5.41) is 11.6. The zero-order chi connectivity index (χ0) is 19.7. The first-order valence-electron chi connectivity index (χ1n) is 9.22. The second-order valence-corrected chi connectivity index (χ2v) is 7.01. The lowest BCUT2D eigenvalue weighted by Crippen LogP contribution is -2.12. The number of anilines is 3. The standard InChI is InChI=1S/C25H21NO2/c1-17-6-5-9-23(14-17)26(22-12-10-19(11-13-22)25(27)28)24-16-21-8-4-3-7-20(21)15-18(24)2/h3-16H,1-2H3,(H,27,28). The molecule has 4 aromatic carbocycles. The maximum atomic E-state index is 11.3. The minimum absolute atomic E-state index is 0.281. The molecule has 4 aromatic rings. The van der Waals surface area contributed by atoms with Gasteiger partial charge in [0.2, 0.25) is 0 Å². The van der Waals surface area contributed by atoms with Crippen molar-refractivity contribution in [2.75, 3.05) is 4.90 Å². The lowest BCUT2D eigenvalue weighted by Gasteiger charge is -2.28. The Hall–Kier alpha value is -3.59. The number of rotatable bonds is 4. The molecule has 3 nitrogen and oxygen atoms in total. The van der Waals surface area contributed by atoms with E-state index >= 15 is 0 Å².